The summed E-state index contributed by atoms with van der Waals surface area (Å²) in [5, 5.41) is 15.6. The lowest BCUT2D eigenvalue weighted by atomic mass is 9.75. The van der Waals surface area contributed by atoms with Gasteiger partial charge in [0.2, 0.25) is 0 Å². The molecule has 0 amide bonds. The van der Waals surface area contributed by atoms with Crippen LogP contribution < -0.4 is 0 Å². The summed E-state index contributed by atoms with van der Waals surface area (Å²) in [5.41, 5.74) is 0.581. The zero-order chi connectivity index (χ0) is 14.7. The van der Waals surface area contributed by atoms with Crippen molar-refractivity contribution < 1.29 is 5.11 Å². The molecule has 3 nitrogen and oxygen atoms in total. The van der Waals surface area contributed by atoms with Crippen LogP contribution in [0.4, 0.5) is 0 Å². The molecule has 0 aromatic carbocycles. The molecule has 2 aliphatic carbocycles. The monoisotopic (exact) mass is 290 g/mol. The highest BCUT2D eigenvalue weighted by Gasteiger charge is 2.33. The number of hydrogen-bond acceptors (Lipinski definition) is 2. The van der Waals surface area contributed by atoms with Crippen molar-refractivity contribution in [3.8, 4) is 0 Å². The van der Waals surface area contributed by atoms with Gasteiger partial charge in [-0.2, -0.15) is 5.10 Å². The highest BCUT2D eigenvalue weighted by molar-refractivity contribution is 5.06. The van der Waals surface area contributed by atoms with Gasteiger partial charge in [-0.15, -0.1) is 0 Å². The van der Waals surface area contributed by atoms with E-state index in [9.17, 15) is 5.11 Å². The molecular weight excluding hydrogens is 260 g/mol. The summed E-state index contributed by atoms with van der Waals surface area (Å²) in [7, 11) is 0. The molecule has 0 unspecified atom stereocenters. The molecule has 21 heavy (non-hydrogen) atoms. The van der Waals surface area contributed by atoms with Gasteiger partial charge >= 0.3 is 0 Å². The van der Waals surface area contributed by atoms with Crippen molar-refractivity contribution >= 4 is 0 Å². The van der Waals surface area contributed by atoms with Crippen LogP contribution in [0.3, 0.4) is 0 Å². The highest BCUT2D eigenvalue weighted by atomic mass is 16.3. The van der Waals surface area contributed by atoms with Gasteiger partial charge in [0, 0.05) is 12.6 Å². The van der Waals surface area contributed by atoms with E-state index in [1.54, 1.807) is 0 Å². The van der Waals surface area contributed by atoms with E-state index in [-0.39, 0.29) is 0 Å². The first-order valence-corrected chi connectivity index (χ1v) is 8.95. The van der Waals surface area contributed by atoms with Gasteiger partial charge in [-0.1, -0.05) is 32.6 Å². The Labute approximate surface area is 128 Å². The predicted molar refractivity (Wildman–Crippen MR) is 85.3 cm³/mol. The Hall–Kier alpha value is -0.830. The lowest BCUT2D eigenvalue weighted by molar-refractivity contribution is -0.0108. The van der Waals surface area contributed by atoms with Crippen LogP contribution >= 0.6 is 0 Å². The fourth-order valence-electron chi connectivity index (χ4n) is 4.27. The van der Waals surface area contributed by atoms with Gasteiger partial charge in [0.15, 0.2) is 0 Å². The Bertz CT molecular complexity index is 440. The summed E-state index contributed by atoms with van der Waals surface area (Å²) in [4.78, 5) is 0. The van der Waals surface area contributed by atoms with E-state index in [1.807, 2.05) is 0 Å². The second-order valence-corrected chi connectivity index (χ2v) is 7.36. The first kappa shape index (κ1) is 15.1. The topological polar surface area (TPSA) is 38.0 Å². The van der Waals surface area contributed by atoms with Gasteiger partial charge in [-0.25, -0.2) is 0 Å². The van der Waals surface area contributed by atoms with E-state index in [4.69, 9.17) is 5.10 Å². The van der Waals surface area contributed by atoms with Crippen LogP contribution in [0.1, 0.15) is 82.9 Å². The van der Waals surface area contributed by atoms with Gasteiger partial charge in [0.05, 0.1) is 17.3 Å². The molecule has 1 aromatic heterocycles. The van der Waals surface area contributed by atoms with E-state index in [1.165, 1.54) is 51.4 Å². The predicted octanol–water partition coefficient (Wildman–Crippen LogP) is 4.26. The fourth-order valence-corrected chi connectivity index (χ4v) is 4.27. The number of nitrogens with zero attached hydrogens (tertiary/aromatic N) is 2. The second-order valence-electron chi connectivity index (χ2n) is 7.36. The highest BCUT2D eigenvalue weighted by Crippen LogP contribution is 2.36. The number of hydrogen-bond donors (Lipinski definition) is 1. The van der Waals surface area contributed by atoms with Crippen LogP contribution in [0.25, 0.3) is 0 Å². The van der Waals surface area contributed by atoms with Crippen LogP contribution in [-0.2, 0) is 6.42 Å². The molecule has 0 aliphatic heterocycles. The number of aromatic nitrogens is 2. The molecule has 0 atom stereocenters. The maximum absolute atomic E-state index is 10.8. The minimum atomic E-state index is -0.501. The van der Waals surface area contributed by atoms with Crippen LogP contribution in [-0.4, -0.2) is 20.5 Å². The molecule has 0 spiro atoms. The third kappa shape index (κ3) is 3.68. The van der Waals surface area contributed by atoms with Gasteiger partial charge in [-0.05, 0) is 50.5 Å². The standard InChI is InChI=1S/C18H30N2O/c1-2-5-15-8-11-18(21,12-9-15)14-16-10-13-20(19-16)17-6-3-4-7-17/h10,13,15,17,21H,2-9,11-12,14H2,1H3. The molecule has 3 heteroatoms. The summed E-state index contributed by atoms with van der Waals surface area (Å²) in [6, 6.07) is 2.72. The van der Waals surface area contributed by atoms with E-state index < -0.39 is 5.60 Å². The van der Waals surface area contributed by atoms with Crippen molar-refractivity contribution in [3.05, 3.63) is 18.0 Å². The van der Waals surface area contributed by atoms with Crippen LogP contribution in [0, 0.1) is 5.92 Å². The largest absolute Gasteiger partial charge is 0.389 e. The minimum Gasteiger partial charge on any atom is -0.389 e. The zero-order valence-corrected chi connectivity index (χ0v) is 13.4. The van der Waals surface area contributed by atoms with Crippen LogP contribution in [0.2, 0.25) is 0 Å². The summed E-state index contributed by atoms with van der Waals surface area (Å²) in [6.07, 6.45) is 15.0. The van der Waals surface area contributed by atoms with Gasteiger partial charge in [-0.3, -0.25) is 4.68 Å². The van der Waals surface area contributed by atoms with Crippen molar-refractivity contribution in [2.45, 2.75) is 89.2 Å². The average Bonchev–Trinajstić information content (AvgIpc) is 3.12. The molecule has 2 aliphatic rings. The molecule has 1 heterocycles. The molecule has 0 saturated heterocycles. The van der Waals surface area contributed by atoms with E-state index >= 15 is 0 Å². The summed E-state index contributed by atoms with van der Waals surface area (Å²) < 4.78 is 2.15. The van der Waals surface area contributed by atoms with E-state index in [2.05, 4.69) is 23.9 Å². The molecule has 118 valence electrons. The van der Waals surface area contributed by atoms with Gasteiger partial charge in [0.25, 0.3) is 0 Å². The smallest absolute Gasteiger partial charge is 0.0703 e. The average molecular weight is 290 g/mol. The number of rotatable bonds is 5. The van der Waals surface area contributed by atoms with Crippen molar-refractivity contribution in [1.29, 1.82) is 0 Å². The van der Waals surface area contributed by atoms with Crippen molar-refractivity contribution in [1.82, 2.24) is 9.78 Å². The summed E-state index contributed by atoms with van der Waals surface area (Å²) >= 11 is 0. The lowest BCUT2D eigenvalue weighted by Crippen LogP contribution is -2.36. The van der Waals surface area contributed by atoms with E-state index in [0.29, 0.717) is 6.04 Å². The van der Waals surface area contributed by atoms with Crippen LogP contribution in [0.5, 0.6) is 0 Å². The lowest BCUT2D eigenvalue weighted by Gasteiger charge is -2.35. The minimum absolute atomic E-state index is 0.501. The third-order valence-corrected chi connectivity index (χ3v) is 5.61. The normalized spacial score (nSPS) is 30.9. The fraction of sp³-hybridized carbons (Fsp3) is 0.833. The maximum Gasteiger partial charge on any atom is 0.0703 e. The Morgan fingerprint density at radius 1 is 1.24 bits per heavy atom. The maximum atomic E-state index is 10.8. The molecule has 3 rings (SSSR count). The zero-order valence-electron chi connectivity index (χ0n) is 13.4. The molecule has 0 radical (unpaired) electrons. The van der Waals surface area contributed by atoms with Crippen molar-refractivity contribution in [2.75, 3.05) is 0 Å². The second kappa shape index (κ2) is 6.51. The Morgan fingerprint density at radius 3 is 2.62 bits per heavy atom. The van der Waals surface area contributed by atoms with Gasteiger partial charge < -0.3 is 5.11 Å². The Balaban J connectivity index is 1.56. The third-order valence-electron chi connectivity index (χ3n) is 5.61. The van der Waals surface area contributed by atoms with Gasteiger partial charge in [0.1, 0.15) is 0 Å². The molecule has 2 saturated carbocycles. The van der Waals surface area contributed by atoms with Crippen LogP contribution in [0.15, 0.2) is 12.3 Å². The quantitative estimate of drug-likeness (QED) is 0.879. The van der Waals surface area contributed by atoms with E-state index in [0.717, 1.165) is 30.9 Å². The Morgan fingerprint density at radius 2 is 1.95 bits per heavy atom. The SMILES string of the molecule is CCCC1CCC(O)(Cc2ccn(C3CCCC3)n2)CC1. The first-order valence-electron chi connectivity index (χ1n) is 8.95. The molecule has 1 N–H and O–H groups in total. The molecular formula is C18H30N2O. The Kier molecular flexibility index (Phi) is 4.68. The molecule has 2 fully saturated rings. The number of aliphatic hydroxyl groups is 1. The van der Waals surface area contributed by atoms with Crippen molar-refractivity contribution in [3.63, 3.8) is 0 Å². The molecule has 1 aromatic rings. The van der Waals surface area contributed by atoms with Crippen molar-refractivity contribution in [2.24, 2.45) is 5.92 Å². The first-order chi connectivity index (χ1) is 10.2. The summed E-state index contributed by atoms with van der Waals surface area (Å²) in [6.45, 7) is 2.26. The summed E-state index contributed by atoms with van der Waals surface area (Å²) in [5.74, 6) is 0.839. The molecule has 0 bridgehead atoms.